The molecule has 0 bridgehead atoms. The molecular weight excluding hydrogens is 198 g/mol. The minimum atomic E-state index is -0.104. The third-order valence-electron chi connectivity index (χ3n) is 2.94. The molecule has 1 aliphatic rings. The molecule has 6 nitrogen and oxygen atoms in total. The lowest BCUT2D eigenvalue weighted by Gasteiger charge is -2.22. The first kappa shape index (κ1) is 12.2. The molecule has 1 saturated heterocycles. The number of nitrogens with two attached hydrogens (primary N) is 1. The molecule has 0 aromatic rings. The molecule has 88 valence electrons. The number of rotatable bonds is 4. The largest absolute Gasteiger partial charge is 0.409 e. The van der Waals surface area contributed by atoms with Crippen molar-refractivity contribution in [2.24, 2.45) is 10.9 Å². The highest BCUT2D eigenvalue weighted by Gasteiger charge is 2.36. The van der Waals surface area contributed by atoms with Gasteiger partial charge in [-0.2, -0.15) is 0 Å². The van der Waals surface area contributed by atoms with E-state index in [1.165, 1.54) is 0 Å². The van der Waals surface area contributed by atoms with Crippen molar-refractivity contribution in [3.05, 3.63) is 0 Å². The van der Waals surface area contributed by atoms with Crippen LogP contribution in [0.1, 0.15) is 6.92 Å². The van der Waals surface area contributed by atoms with Gasteiger partial charge >= 0.3 is 0 Å². The molecule has 1 heterocycles. The van der Waals surface area contributed by atoms with Gasteiger partial charge in [0.15, 0.2) is 5.84 Å². The summed E-state index contributed by atoms with van der Waals surface area (Å²) >= 11 is 0. The van der Waals surface area contributed by atoms with Gasteiger partial charge in [-0.1, -0.05) is 5.16 Å². The Morgan fingerprint density at radius 1 is 1.40 bits per heavy atom. The van der Waals surface area contributed by atoms with Gasteiger partial charge in [-0.05, 0) is 6.92 Å². The zero-order chi connectivity index (χ0) is 11.4. The van der Waals surface area contributed by atoms with Gasteiger partial charge in [-0.3, -0.25) is 4.90 Å². The Hall–Kier alpha value is -0.850. The van der Waals surface area contributed by atoms with Gasteiger partial charge in [0.05, 0.1) is 18.2 Å². The SMILES string of the molecule is COC1CN(C(C)C(N)=NO)CC1OC. The Balaban J connectivity index is 2.60. The van der Waals surface area contributed by atoms with Crippen molar-refractivity contribution in [2.75, 3.05) is 27.3 Å². The quantitative estimate of drug-likeness (QED) is 0.286. The van der Waals surface area contributed by atoms with Crippen LogP contribution in [0.4, 0.5) is 0 Å². The third-order valence-corrected chi connectivity index (χ3v) is 2.94. The van der Waals surface area contributed by atoms with E-state index in [0.717, 1.165) is 13.1 Å². The lowest BCUT2D eigenvalue weighted by Crippen LogP contribution is -2.42. The molecule has 0 spiro atoms. The maximum absolute atomic E-state index is 8.59. The van der Waals surface area contributed by atoms with E-state index in [1.807, 2.05) is 6.92 Å². The van der Waals surface area contributed by atoms with Crippen LogP contribution < -0.4 is 5.73 Å². The second kappa shape index (κ2) is 5.29. The first-order chi connectivity index (χ1) is 7.13. The number of hydrogen-bond acceptors (Lipinski definition) is 5. The highest BCUT2D eigenvalue weighted by atomic mass is 16.5. The normalized spacial score (nSPS) is 30.7. The first-order valence-corrected chi connectivity index (χ1v) is 4.91. The summed E-state index contributed by atoms with van der Waals surface area (Å²) in [7, 11) is 3.32. The Morgan fingerprint density at radius 3 is 2.20 bits per heavy atom. The van der Waals surface area contributed by atoms with Crippen LogP contribution in [-0.4, -0.2) is 61.5 Å². The van der Waals surface area contributed by atoms with Crippen molar-refractivity contribution in [1.29, 1.82) is 0 Å². The smallest absolute Gasteiger partial charge is 0.156 e. The number of likely N-dealkylation sites (tertiary alicyclic amines) is 1. The number of oxime groups is 1. The van der Waals surface area contributed by atoms with Crippen molar-refractivity contribution < 1.29 is 14.7 Å². The molecule has 0 aliphatic carbocycles. The molecule has 1 fully saturated rings. The Morgan fingerprint density at radius 2 is 1.87 bits per heavy atom. The lowest BCUT2D eigenvalue weighted by molar-refractivity contribution is -0.00461. The van der Waals surface area contributed by atoms with Gasteiger partial charge in [0.1, 0.15) is 0 Å². The zero-order valence-electron chi connectivity index (χ0n) is 9.38. The first-order valence-electron chi connectivity index (χ1n) is 4.91. The van der Waals surface area contributed by atoms with E-state index in [9.17, 15) is 0 Å². The standard InChI is InChI=1S/C9H19N3O3/c1-6(9(10)11-13)12-4-7(14-2)8(5-12)15-3/h6-8,13H,4-5H2,1-3H3,(H2,10,11). The van der Waals surface area contributed by atoms with Crippen molar-refractivity contribution in [2.45, 2.75) is 25.2 Å². The molecule has 1 aliphatic heterocycles. The van der Waals surface area contributed by atoms with Crippen molar-refractivity contribution in [1.82, 2.24) is 4.90 Å². The summed E-state index contributed by atoms with van der Waals surface area (Å²) in [5, 5.41) is 11.6. The van der Waals surface area contributed by atoms with Crippen LogP contribution in [0.15, 0.2) is 5.16 Å². The van der Waals surface area contributed by atoms with E-state index in [0.29, 0.717) is 0 Å². The molecule has 3 N–H and O–H groups in total. The fourth-order valence-corrected chi connectivity index (χ4v) is 1.81. The average molecular weight is 217 g/mol. The van der Waals surface area contributed by atoms with Gasteiger partial charge in [-0.15, -0.1) is 0 Å². The molecule has 6 heteroatoms. The highest BCUT2D eigenvalue weighted by Crippen LogP contribution is 2.18. The number of methoxy groups -OCH3 is 2. The number of nitrogens with zero attached hydrogens (tertiary/aromatic N) is 2. The second-order valence-electron chi connectivity index (χ2n) is 3.70. The molecule has 0 radical (unpaired) electrons. The number of amidine groups is 1. The molecule has 0 amide bonds. The summed E-state index contributed by atoms with van der Waals surface area (Å²) in [5.41, 5.74) is 5.55. The topological polar surface area (TPSA) is 80.3 Å². The fraction of sp³-hybridized carbons (Fsp3) is 0.889. The monoisotopic (exact) mass is 217 g/mol. The predicted octanol–water partition coefficient (Wildman–Crippen LogP) is -0.533. The highest BCUT2D eigenvalue weighted by molar-refractivity contribution is 5.84. The van der Waals surface area contributed by atoms with Crippen LogP contribution >= 0.6 is 0 Å². The minimum absolute atomic E-state index is 0.0453. The van der Waals surface area contributed by atoms with Crippen molar-refractivity contribution in [3.8, 4) is 0 Å². The fourth-order valence-electron chi connectivity index (χ4n) is 1.81. The van der Waals surface area contributed by atoms with Gasteiger partial charge < -0.3 is 20.4 Å². The van der Waals surface area contributed by atoms with Gasteiger partial charge in [0.2, 0.25) is 0 Å². The van der Waals surface area contributed by atoms with Crippen molar-refractivity contribution in [3.63, 3.8) is 0 Å². The Labute approximate surface area is 89.6 Å². The second-order valence-corrected chi connectivity index (χ2v) is 3.70. The molecule has 1 rings (SSSR count). The summed E-state index contributed by atoms with van der Waals surface area (Å²) in [6.45, 7) is 3.35. The Kier molecular flexibility index (Phi) is 4.31. The number of hydrogen-bond donors (Lipinski definition) is 2. The van der Waals surface area contributed by atoms with E-state index >= 15 is 0 Å². The summed E-state index contributed by atoms with van der Waals surface area (Å²) in [4.78, 5) is 2.07. The molecule has 3 unspecified atom stereocenters. The summed E-state index contributed by atoms with van der Waals surface area (Å²) in [5.74, 6) is 0.210. The van der Waals surface area contributed by atoms with Gasteiger partial charge in [0.25, 0.3) is 0 Å². The Bertz CT molecular complexity index is 223. The molecular formula is C9H19N3O3. The summed E-state index contributed by atoms with van der Waals surface area (Å²) < 4.78 is 10.6. The average Bonchev–Trinajstić information content (AvgIpc) is 2.69. The van der Waals surface area contributed by atoms with Crippen LogP contribution in [0, 0.1) is 0 Å². The molecule has 15 heavy (non-hydrogen) atoms. The number of ether oxygens (including phenoxy) is 2. The van der Waals surface area contributed by atoms with E-state index in [2.05, 4.69) is 10.1 Å². The van der Waals surface area contributed by atoms with E-state index in [-0.39, 0.29) is 24.1 Å². The maximum atomic E-state index is 8.59. The maximum Gasteiger partial charge on any atom is 0.156 e. The molecule has 0 saturated carbocycles. The van der Waals surface area contributed by atoms with Crippen LogP contribution in [-0.2, 0) is 9.47 Å². The summed E-state index contributed by atoms with van der Waals surface area (Å²) in [6, 6.07) is -0.104. The van der Waals surface area contributed by atoms with Crippen LogP contribution in [0.3, 0.4) is 0 Å². The third kappa shape index (κ3) is 2.58. The minimum Gasteiger partial charge on any atom is -0.409 e. The van der Waals surface area contributed by atoms with E-state index < -0.39 is 0 Å². The van der Waals surface area contributed by atoms with Gasteiger partial charge in [0, 0.05) is 27.3 Å². The predicted molar refractivity (Wildman–Crippen MR) is 56.0 cm³/mol. The summed E-state index contributed by atoms with van der Waals surface area (Å²) in [6.07, 6.45) is 0.0906. The zero-order valence-corrected chi connectivity index (χ0v) is 9.38. The van der Waals surface area contributed by atoms with Crippen LogP contribution in [0.2, 0.25) is 0 Å². The lowest BCUT2D eigenvalue weighted by atomic mass is 10.3. The van der Waals surface area contributed by atoms with Gasteiger partial charge in [-0.25, -0.2) is 0 Å². The van der Waals surface area contributed by atoms with Crippen LogP contribution in [0.5, 0.6) is 0 Å². The van der Waals surface area contributed by atoms with E-state index in [4.69, 9.17) is 20.4 Å². The van der Waals surface area contributed by atoms with Crippen molar-refractivity contribution >= 4 is 5.84 Å². The molecule has 3 atom stereocenters. The van der Waals surface area contributed by atoms with Crippen LogP contribution in [0.25, 0.3) is 0 Å². The van der Waals surface area contributed by atoms with E-state index in [1.54, 1.807) is 14.2 Å². The molecule has 0 aromatic carbocycles. The molecule has 0 aromatic heterocycles.